The van der Waals surface area contributed by atoms with E-state index < -0.39 is 5.60 Å². The Morgan fingerprint density at radius 2 is 1.92 bits per heavy atom. The van der Waals surface area contributed by atoms with Crippen LogP contribution in [-0.2, 0) is 15.2 Å². The van der Waals surface area contributed by atoms with Crippen LogP contribution >= 0.6 is 0 Å². The number of fused-ring (bicyclic) bond motifs is 1. The highest BCUT2D eigenvalue weighted by atomic mass is 16.3. The van der Waals surface area contributed by atoms with Crippen LogP contribution in [0.25, 0.3) is 10.8 Å². The second-order valence-corrected chi connectivity index (χ2v) is 6.05. The molecule has 1 saturated heterocycles. The van der Waals surface area contributed by atoms with Crippen molar-refractivity contribution in [1.29, 1.82) is 0 Å². The van der Waals surface area contributed by atoms with Crippen LogP contribution in [0.2, 0.25) is 0 Å². The molecule has 1 fully saturated rings. The summed E-state index contributed by atoms with van der Waals surface area (Å²) in [7, 11) is 0. The van der Waals surface area contributed by atoms with Gasteiger partial charge in [0.25, 0.3) is 0 Å². The minimum absolute atomic E-state index is 0.0794. The van der Waals surface area contributed by atoms with Crippen LogP contribution in [0.1, 0.15) is 12.0 Å². The number of β-amino-alcohol motifs (C(OH)–C–C–N with tert-alkyl or cyclic N) is 1. The molecule has 2 aromatic rings. The van der Waals surface area contributed by atoms with Crippen molar-refractivity contribution in [2.75, 3.05) is 19.6 Å². The van der Waals surface area contributed by atoms with E-state index in [1.54, 1.807) is 4.90 Å². The van der Waals surface area contributed by atoms with Gasteiger partial charge in [0, 0.05) is 13.0 Å². The molecule has 0 atom stereocenters. The molecule has 0 spiro atoms. The number of carbonyl (C=O) groups is 2. The Morgan fingerprint density at radius 3 is 2.67 bits per heavy atom. The Labute approximate surface area is 140 Å². The third kappa shape index (κ3) is 3.03. The second kappa shape index (κ2) is 6.45. The Hall–Kier alpha value is -2.66. The van der Waals surface area contributed by atoms with Crippen molar-refractivity contribution in [3.05, 3.63) is 60.7 Å². The van der Waals surface area contributed by atoms with Crippen molar-refractivity contribution in [3.8, 4) is 0 Å². The standard InChI is InChI=1S/C19H20N2O3/c1-2-17(22)20-11-10-18(23)21-12-19(24,13-21)16-9-5-7-14-6-3-4-8-15(14)16/h2-9,24H,1,10-13H2,(H,20,22). The number of hydrogen-bond acceptors (Lipinski definition) is 3. The van der Waals surface area contributed by atoms with Crippen LogP contribution in [0.3, 0.4) is 0 Å². The number of hydrogen-bond donors (Lipinski definition) is 2. The molecule has 1 aliphatic heterocycles. The van der Waals surface area contributed by atoms with Crippen molar-refractivity contribution in [1.82, 2.24) is 10.2 Å². The summed E-state index contributed by atoms with van der Waals surface area (Å²) in [5.41, 5.74) is -0.162. The van der Waals surface area contributed by atoms with Gasteiger partial charge >= 0.3 is 0 Å². The predicted octanol–water partition coefficient (Wildman–Crippen LogP) is 1.56. The molecule has 0 saturated carbocycles. The largest absolute Gasteiger partial charge is 0.381 e. The fraction of sp³-hybridized carbons (Fsp3) is 0.263. The first-order chi connectivity index (χ1) is 11.5. The highest BCUT2D eigenvalue weighted by molar-refractivity contribution is 5.88. The summed E-state index contributed by atoms with van der Waals surface area (Å²) in [4.78, 5) is 24.8. The molecule has 2 amide bonds. The molecule has 5 heteroatoms. The van der Waals surface area contributed by atoms with E-state index in [0.29, 0.717) is 0 Å². The fourth-order valence-corrected chi connectivity index (χ4v) is 3.09. The van der Waals surface area contributed by atoms with E-state index in [0.717, 1.165) is 16.3 Å². The zero-order valence-corrected chi connectivity index (χ0v) is 13.4. The van der Waals surface area contributed by atoms with Gasteiger partial charge in [-0.3, -0.25) is 9.59 Å². The molecule has 3 rings (SSSR count). The minimum Gasteiger partial charge on any atom is -0.381 e. The zero-order valence-electron chi connectivity index (χ0n) is 13.4. The molecule has 5 nitrogen and oxygen atoms in total. The van der Waals surface area contributed by atoms with Crippen LogP contribution in [-0.4, -0.2) is 41.5 Å². The number of benzene rings is 2. The van der Waals surface area contributed by atoms with Crippen molar-refractivity contribution in [2.24, 2.45) is 0 Å². The first-order valence-electron chi connectivity index (χ1n) is 7.92. The second-order valence-electron chi connectivity index (χ2n) is 6.05. The molecule has 1 aliphatic rings. The van der Waals surface area contributed by atoms with E-state index in [1.807, 2.05) is 42.5 Å². The van der Waals surface area contributed by atoms with Gasteiger partial charge < -0.3 is 15.3 Å². The highest BCUT2D eigenvalue weighted by Crippen LogP contribution is 2.36. The fourth-order valence-electron chi connectivity index (χ4n) is 3.09. The summed E-state index contributed by atoms with van der Waals surface area (Å²) in [6, 6.07) is 13.7. The van der Waals surface area contributed by atoms with Crippen LogP contribution in [0.5, 0.6) is 0 Å². The molecule has 2 aromatic carbocycles. The van der Waals surface area contributed by atoms with Gasteiger partial charge in [-0.2, -0.15) is 0 Å². The number of amides is 2. The van der Waals surface area contributed by atoms with Gasteiger partial charge in [0.1, 0.15) is 5.60 Å². The highest BCUT2D eigenvalue weighted by Gasteiger charge is 2.45. The average molecular weight is 324 g/mol. The lowest BCUT2D eigenvalue weighted by molar-refractivity contribution is -0.156. The summed E-state index contributed by atoms with van der Waals surface area (Å²) in [6.45, 7) is 4.17. The molecule has 0 aliphatic carbocycles. The van der Waals surface area contributed by atoms with Gasteiger partial charge in [-0.1, -0.05) is 49.0 Å². The monoisotopic (exact) mass is 324 g/mol. The predicted molar refractivity (Wildman–Crippen MR) is 92.2 cm³/mol. The molecule has 124 valence electrons. The van der Waals surface area contributed by atoms with Crippen molar-refractivity contribution >= 4 is 22.6 Å². The van der Waals surface area contributed by atoms with Crippen LogP contribution in [0.15, 0.2) is 55.1 Å². The van der Waals surface area contributed by atoms with Crippen LogP contribution in [0.4, 0.5) is 0 Å². The lowest BCUT2D eigenvalue weighted by atomic mass is 9.83. The van der Waals surface area contributed by atoms with Gasteiger partial charge in [0.15, 0.2) is 0 Å². The lowest BCUT2D eigenvalue weighted by Gasteiger charge is -2.47. The molecule has 0 radical (unpaired) electrons. The first-order valence-corrected chi connectivity index (χ1v) is 7.92. The Morgan fingerprint density at radius 1 is 1.21 bits per heavy atom. The smallest absolute Gasteiger partial charge is 0.243 e. The van der Waals surface area contributed by atoms with Gasteiger partial charge in [-0.05, 0) is 22.4 Å². The van der Waals surface area contributed by atoms with Gasteiger partial charge in [0.2, 0.25) is 11.8 Å². The summed E-state index contributed by atoms with van der Waals surface area (Å²) >= 11 is 0. The number of nitrogens with zero attached hydrogens (tertiary/aromatic N) is 1. The molecule has 0 bridgehead atoms. The lowest BCUT2D eigenvalue weighted by Crippen LogP contribution is -2.61. The number of carbonyl (C=O) groups excluding carboxylic acids is 2. The number of nitrogens with one attached hydrogen (secondary N) is 1. The van der Waals surface area contributed by atoms with Gasteiger partial charge in [-0.15, -0.1) is 0 Å². The molecule has 1 heterocycles. The van der Waals surface area contributed by atoms with Crippen LogP contribution < -0.4 is 5.32 Å². The Bertz CT molecular complexity index is 789. The van der Waals surface area contributed by atoms with E-state index in [4.69, 9.17) is 0 Å². The Balaban J connectivity index is 1.64. The average Bonchev–Trinajstić information content (AvgIpc) is 2.58. The van der Waals surface area contributed by atoms with Crippen molar-refractivity contribution in [2.45, 2.75) is 12.0 Å². The number of aliphatic hydroxyl groups is 1. The third-order valence-electron chi connectivity index (χ3n) is 4.37. The zero-order chi connectivity index (χ0) is 17.2. The Kier molecular flexibility index (Phi) is 4.36. The third-order valence-corrected chi connectivity index (χ3v) is 4.37. The minimum atomic E-state index is -1.01. The first kappa shape index (κ1) is 16.2. The molecule has 0 unspecified atom stereocenters. The topological polar surface area (TPSA) is 69.6 Å². The maximum absolute atomic E-state index is 12.1. The number of likely N-dealkylation sites (tertiary alicyclic amines) is 1. The summed E-state index contributed by atoms with van der Waals surface area (Å²) in [5, 5.41) is 15.5. The summed E-state index contributed by atoms with van der Waals surface area (Å²) in [5.74, 6) is -0.372. The molecule has 2 N–H and O–H groups in total. The van der Waals surface area contributed by atoms with Gasteiger partial charge in [-0.25, -0.2) is 0 Å². The summed E-state index contributed by atoms with van der Waals surface area (Å²) < 4.78 is 0. The number of rotatable bonds is 5. The van der Waals surface area contributed by atoms with E-state index in [9.17, 15) is 14.7 Å². The van der Waals surface area contributed by atoms with E-state index in [-0.39, 0.29) is 37.9 Å². The van der Waals surface area contributed by atoms with Gasteiger partial charge in [0.05, 0.1) is 13.1 Å². The van der Waals surface area contributed by atoms with E-state index in [1.165, 1.54) is 6.08 Å². The van der Waals surface area contributed by atoms with E-state index >= 15 is 0 Å². The molecular formula is C19H20N2O3. The quantitative estimate of drug-likeness (QED) is 0.820. The maximum atomic E-state index is 12.1. The summed E-state index contributed by atoms with van der Waals surface area (Å²) in [6.07, 6.45) is 1.39. The van der Waals surface area contributed by atoms with Crippen molar-refractivity contribution in [3.63, 3.8) is 0 Å². The molecule has 24 heavy (non-hydrogen) atoms. The SMILES string of the molecule is C=CC(=O)NCCC(=O)N1CC(O)(c2cccc3ccccc23)C1. The van der Waals surface area contributed by atoms with Crippen molar-refractivity contribution < 1.29 is 14.7 Å². The normalized spacial score (nSPS) is 15.6. The van der Waals surface area contributed by atoms with E-state index in [2.05, 4.69) is 11.9 Å². The molecular weight excluding hydrogens is 304 g/mol. The van der Waals surface area contributed by atoms with Crippen LogP contribution in [0, 0.1) is 0 Å². The molecule has 0 aromatic heterocycles. The maximum Gasteiger partial charge on any atom is 0.243 e.